The number of piperidine rings is 1. The molecule has 1 aromatic carbocycles. The Morgan fingerprint density at radius 1 is 1.15 bits per heavy atom. The van der Waals surface area contributed by atoms with Crippen molar-refractivity contribution >= 4 is 15.7 Å². The number of benzene rings is 1. The van der Waals surface area contributed by atoms with E-state index >= 15 is 0 Å². The third-order valence-corrected chi connectivity index (χ3v) is 5.75. The van der Waals surface area contributed by atoms with E-state index in [4.69, 9.17) is 0 Å². The van der Waals surface area contributed by atoms with E-state index in [-0.39, 0.29) is 11.7 Å². The Morgan fingerprint density at radius 2 is 1.75 bits per heavy atom. The lowest BCUT2D eigenvalue weighted by Gasteiger charge is -2.30. The molecule has 5 heteroatoms. The molecule has 1 aliphatic heterocycles. The monoisotopic (exact) mass is 295 g/mol. The summed E-state index contributed by atoms with van der Waals surface area (Å²) in [5, 5.41) is -1.05. The van der Waals surface area contributed by atoms with Crippen molar-refractivity contribution in [1.82, 2.24) is 4.90 Å². The van der Waals surface area contributed by atoms with Gasteiger partial charge in [-0.05, 0) is 24.8 Å². The van der Waals surface area contributed by atoms with Crippen LogP contribution in [0.2, 0.25) is 0 Å². The van der Waals surface area contributed by atoms with Crippen LogP contribution in [0, 0.1) is 0 Å². The molecule has 0 aliphatic carbocycles. The second-order valence-corrected chi connectivity index (χ2v) is 7.50. The van der Waals surface area contributed by atoms with Gasteiger partial charge in [0, 0.05) is 18.8 Å². The van der Waals surface area contributed by atoms with Gasteiger partial charge in [0.05, 0.1) is 0 Å². The summed E-state index contributed by atoms with van der Waals surface area (Å²) in [4.78, 5) is 14.4. The summed E-state index contributed by atoms with van der Waals surface area (Å²) in [5.41, 5.74) is 0.574. The number of sulfone groups is 1. The summed E-state index contributed by atoms with van der Waals surface area (Å²) < 4.78 is 24.7. The molecule has 1 amide bonds. The third-order valence-electron chi connectivity index (χ3n) is 3.76. The molecule has 1 aromatic rings. The lowest BCUT2D eigenvalue weighted by atomic mass is 10.1. The largest absolute Gasteiger partial charge is 0.341 e. The molecule has 4 nitrogen and oxygen atoms in total. The van der Waals surface area contributed by atoms with Crippen LogP contribution in [0.4, 0.5) is 0 Å². The van der Waals surface area contributed by atoms with Crippen LogP contribution in [0.5, 0.6) is 0 Å². The highest BCUT2D eigenvalue weighted by Crippen LogP contribution is 2.27. The zero-order valence-electron chi connectivity index (χ0n) is 11.8. The van der Waals surface area contributed by atoms with Crippen molar-refractivity contribution in [1.29, 1.82) is 0 Å². The molecule has 0 aromatic heterocycles. The van der Waals surface area contributed by atoms with E-state index in [1.54, 1.807) is 36.1 Å². The molecule has 0 bridgehead atoms. The fraction of sp³-hybridized carbons (Fsp3) is 0.533. The number of amides is 1. The number of hydrogen-bond donors (Lipinski definition) is 0. The third kappa shape index (κ3) is 3.20. The van der Waals surface area contributed by atoms with Gasteiger partial charge in [-0.2, -0.15) is 0 Å². The second-order valence-electron chi connectivity index (χ2n) is 5.13. The molecule has 1 fully saturated rings. The quantitative estimate of drug-likeness (QED) is 0.855. The van der Waals surface area contributed by atoms with E-state index < -0.39 is 15.1 Å². The maximum atomic E-state index is 12.7. The average Bonchev–Trinajstić information content (AvgIpc) is 2.49. The number of rotatable bonds is 4. The van der Waals surface area contributed by atoms with Gasteiger partial charge >= 0.3 is 0 Å². The fourth-order valence-corrected chi connectivity index (χ4v) is 3.94. The van der Waals surface area contributed by atoms with Crippen LogP contribution in [0.15, 0.2) is 30.3 Å². The summed E-state index contributed by atoms with van der Waals surface area (Å²) in [6.45, 7) is 2.93. The number of likely N-dealkylation sites (tertiary alicyclic amines) is 1. The minimum absolute atomic E-state index is 0.0217. The first-order chi connectivity index (χ1) is 9.56. The zero-order valence-corrected chi connectivity index (χ0v) is 12.6. The molecule has 1 saturated heterocycles. The van der Waals surface area contributed by atoms with Crippen LogP contribution in [0.1, 0.15) is 37.0 Å². The number of carbonyl (C=O) groups excluding carboxylic acids is 1. The molecule has 1 atom stereocenters. The first-order valence-electron chi connectivity index (χ1n) is 7.11. The molecule has 20 heavy (non-hydrogen) atoms. The summed E-state index contributed by atoms with van der Waals surface area (Å²) in [6.07, 6.45) is 3.03. The van der Waals surface area contributed by atoms with Crippen molar-refractivity contribution in [3.8, 4) is 0 Å². The summed E-state index contributed by atoms with van der Waals surface area (Å²) in [6, 6.07) is 8.82. The molecule has 2 rings (SSSR count). The minimum Gasteiger partial charge on any atom is -0.341 e. The van der Waals surface area contributed by atoms with E-state index in [0.29, 0.717) is 18.7 Å². The second kappa shape index (κ2) is 6.39. The normalized spacial score (nSPS) is 17.8. The molecule has 0 saturated carbocycles. The summed E-state index contributed by atoms with van der Waals surface area (Å²) >= 11 is 0. The van der Waals surface area contributed by atoms with Gasteiger partial charge < -0.3 is 4.90 Å². The van der Waals surface area contributed by atoms with Crippen molar-refractivity contribution in [2.24, 2.45) is 0 Å². The predicted octanol–water partition coefficient (Wildman–Crippen LogP) is 2.17. The first-order valence-corrected chi connectivity index (χ1v) is 8.83. The molecule has 0 radical (unpaired) electrons. The highest BCUT2D eigenvalue weighted by molar-refractivity contribution is 7.92. The molecule has 1 heterocycles. The molecule has 1 aliphatic rings. The van der Waals surface area contributed by atoms with E-state index in [1.165, 1.54) is 0 Å². The van der Waals surface area contributed by atoms with Crippen molar-refractivity contribution in [2.75, 3.05) is 18.8 Å². The van der Waals surface area contributed by atoms with Gasteiger partial charge in [-0.25, -0.2) is 8.42 Å². The van der Waals surface area contributed by atoms with Crippen LogP contribution < -0.4 is 0 Å². The van der Waals surface area contributed by atoms with E-state index in [0.717, 1.165) is 19.3 Å². The van der Waals surface area contributed by atoms with Crippen LogP contribution in [-0.2, 0) is 14.6 Å². The van der Waals surface area contributed by atoms with Gasteiger partial charge in [0.2, 0.25) is 5.91 Å². The van der Waals surface area contributed by atoms with Gasteiger partial charge in [0.25, 0.3) is 0 Å². The fourth-order valence-electron chi connectivity index (χ4n) is 2.58. The zero-order chi connectivity index (χ0) is 14.6. The lowest BCUT2D eigenvalue weighted by Crippen LogP contribution is -2.41. The molecular weight excluding hydrogens is 274 g/mol. The van der Waals surface area contributed by atoms with Crippen molar-refractivity contribution in [2.45, 2.75) is 31.4 Å². The SMILES string of the molecule is CCS(=O)(=O)C(C(=O)N1CCCCC1)c1ccccc1. The molecule has 1 unspecified atom stereocenters. The molecular formula is C15H21NO3S. The Bertz CT molecular complexity index is 548. The number of hydrogen-bond acceptors (Lipinski definition) is 3. The highest BCUT2D eigenvalue weighted by atomic mass is 32.2. The molecule has 0 N–H and O–H groups in total. The maximum Gasteiger partial charge on any atom is 0.245 e. The smallest absolute Gasteiger partial charge is 0.245 e. The molecule has 0 spiro atoms. The topological polar surface area (TPSA) is 54.5 Å². The first kappa shape index (κ1) is 15.0. The number of carbonyl (C=O) groups is 1. The van der Waals surface area contributed by atoms with E-state index in [2.05, 4.69) is 0 Å². The maximum absolute atomic E-state index is 12.7. The van der Waals surface area contributed by atoms with Crippen molar-refractivity contribution < 1.29 is 13.2 Å². The van der Waals surface area contributed by atoms with E-state index in [1.807, 2.05) is 6.07 Å². The van der Waals surface area contributed by atoms with Crippen molar-refractivity contribution in [3.63, 3.8) is 0 Å². The highest BCUT2D eigenvalue weighted by Gasteiger charge is 2.36. The van der Waals surface area contributed by atoms with Gasteiger partial charge in [-0.3, -0.25) is 4.79 Å². The van der Waals surface area contributed by atoms with Gasteiger partial charge in [0.15, 0.2) is 15.1 Å². The van der Waals surface area contributed by atoms with Crippen LogP contribution >= 0.6 is 0 Å². The van der Waals surface area contributed by atoms with E-state index in [9.17, 15) is 13.2 Å². The lowest BCUT2D eigenvalue weighted by molar-refractivity contribution is -0.131. The Hall–Kier alpha value is -1.36. The van der Waals surface area contributed by atoms with Crippen molar-refractivity contribution in [3.05, 3.63) is 35.9 Å². The Morgan fingerprint density at radius 3 is 2.30 bits per heavy atom. The standard InChI is InChI=1S/C15H21NO3S/c1-2-20(18,19)14(13-9-5-3-6-10-13)15(17)16-11-7-4-8-12-16/h3,5-6,9-10,14H,2,4,7-8,11-12H2,1H3. The van der Waals surface area contributed by atoms with Crippen LogP contribution in [0.3, 0.4) is 0 Å². The average molecular weight is 295 g/mol. The van der Waals surface area contributed by atoms with Gasteiger partial charge in [-0.1, -0.05) is 37.3 Å². The van der Waals surface area contributed by atoms with Gasteiger partial charge in [0.1, 0.15) is 0 Å². The minimum atomic E-state index is -3.45. The summed E-state index contributed by atoms with van der Waals surface area (Å²) in [5.74, 6) is -0.288. The van der Waals surface area contributed by atoms with Crippen LogP contribution in [-0.4, -0.2) is 38.1 Å². The number of nitrogens with zero attached hydrogens (tertiary/aromatic N) is 1. The Labute approximate surface area is 120 Å². The molecule has 110 valence electrons. The Balaban J connectivity index is 2.34. The predicted molar refractivity (Wildman–Crippen MR) is 79.1 cm³/mol. The summed E-state index contributed by atoms with van der Waals surface area (Å²) in [7, 11) is -3.45. The van der Waals surface area contributed by atoms with Crippen LogP contribution in [0.25, 0.3) is 0 Å². The van der Waals surface area contributed by atoms with Gasteiger partial charge in [-0.15, -0.1) is 0 Å². The Kier molecular flexibility index (Phi) is 4.81.